The summed E-state index contributed by atoms with van der Waals surface area (Å²) in [7, 11) is 0. The van der Waals surface area contributed by atoms with Crippen LogP contribution in [0.3, 0.4) is 0 Å². The average molecular weight is 373 g/mol. The highest BCUT2D eigenvalue weighted by molar-refractivity contribution is 6.34. The first-order valence-electron chi connectivity index (χ1n) is 8.84. The molecule has 1 amide bonds. The number of hydrogen-bond donors (Lipinski definition) is 1. The highest BCUT2D eigenvalue weighted by atomic mass is 35.5. The molecule has 0 radical (unpaired) electrons. The van der Waals surface area contributed by atoms with Crippen molar-refractivity contribution in [1.82, 2.24) is 0 Å². The van der Waals surface area contributed by atoms with E-state index >= 15 is 0 Å². The van der Waals surface area contributed by atoms with Crippen LogP contribution in [-0.4, -0.2) is 32.2 Å². The van der Waals surface area contributed by atoms with Crippen molar-refractivity contribution in [2.75, 3.05) is 36.5 Å². The zero-order valence-electron chi connectivity index (χ0n) is 14.6. The Hall–Kier alpha value is -2.40. The number of hydrogen-bond acceptors (Lipinski definition) is 4. The lowest BCUT2D eigenvalue weighted by atomic mass is 10.0. The first kappa shape index (κ1) is 17.0. The lowest BCUT2D eigenvalue weighted by molar-refractivity contribution is -0.115. The van der Waals surface area contributed by atoms with Gasteiger partial charge in [0.1, 0.15) is 0 Å². The predicted molar refractivity (Wildman–Crippen MR) is 103 cm³/mol. The smallest absolute Gasteiger partial charge is 0.243 e. The van der Waals surface area contributed by atoms with Crippen LogP contribution in [0.4, 0.5) is 11.4 Å². The van der Waals surface area contributed by atoms with Gasteiger partial charge in [-0.2, -0.15) is 0 Å². The first-order chi connectivity index (χ1) is 12.6. The number of benzene rings is 2. The summed E-state index contributed by atoms with van der Waals surface area (Å²) in [5.74, 6) is 1.54. The summed E-state index contributed by atoms with van der Waals surface area (Å²) >= 11 is 6.32. The van der Waals surface area contributed by atoms with Crippen molar-refractivity contribution in [2.24, 2.45) is 0 Å². The molecule has 2 heterocycles. The van der Waals surface area contributed by atoms with E-state index in [1.807, 2.05) is 12.1 Å². The zero-order chi connectivity index (χ0) is 18.1. The highest BCUT2D eigenvalue weighted by Gasteiger charge is 2.26. The molecule has 0 fully saturated rings. The van der Waals surface area contributed by atoms with Gasteiger partial charge in [0.05, 0.1) is 30.5 Å². The van der Waals surface area contributed by atoms with Crippen molar-refractivity contribution in [3.63, 3.8) is 0 Å². The predicted octanol–water partition coefficient (Wildman–Crippen LogP) is 4.06. The Balaban J connectivity index is 1.48. The normalized spacial score (nSPS) is 18.2. The van der Waals surface area contributed by atoms with E-state index in [-0.39, 0.29) is 12.5 Å². The van der Waals surface area contributed by atoms with Crippen LogP contribution >= 0.6 is 11.6 Å². The zero-order valence-corrected chi connectivity index (χ0v) is 15.4. The Labute approximate surface area is 157 Å². The van der Waals surface area contributed by atoms with Crippen LogP contribution in [0, 0.1) is 0 Å². The summed E-state index contributed by atoms with van der Waals surface area (Å²) in [4.78, 5) is 14.7. The summed E-state index contributed by atoms with van der Waals surface area (Å²) in [6.45, 7) is 4.48. The van der Waals surface area contributed by atoms with Crippen LogP contribution in [0.1, 0.15) is 24.8 Å². The second kappa shape index (κ2) is 7.08. The van der Waals surface area contributed by atoms with E-state index in [1.54, 1.807) is 12.1 Å². The van der Waals surface area contributed by atoms with E-state index in [9.17, 15) is 4.79 Å². The van der Waals surface area contributed by atoms with Crippen molar-refractivity contribution in [1.29, 1.82) is 0 Å². The molecule has 1 unspecified atom stereocenters. The molecule has 6 heteroatoms. The number of rotatable bonds is 3. The second-order valence-corrected chi connectivity index (χ2v) is 7.13. The molecule has 0 bridgehead atoms. The van der Waals surface area contributed by atoms with Gasteiger partial charge in [-0.1, -0.05) is 36.7 Å². The topological polar surface area (TPSA) is 50.8 Å². The summed E-state index contributed by atoms with van der Waals surface area (Å²) in [5.41, 5.74) is 2.95. The minimum Gasteiger partial charge on any atom is -0.490 e. The molecule has 1 N–H and O–H groups in total. The maximum atomic E-state index is 12.6. The van der Waals surface area contributed by atoms with Crippen LogP contribution in [0.15, 0.2) is 36.4 Å². The monoisotopic (exact) mass is 372 g/mol. The van der Waals surface area contributed by atoms with Gasteiger partial charge in [0.15, 0.2) is 11.5 Å². The minimum atomic E-state index is -0.106. The maximum Gasteiger partial charge on any atom is 0.243 e. The number of halogens is 1. The Morgan fingerprint density at radius 3 is 2.77 bits per heavy atom. The SMILES string of the molecule is CC1CN(CC(=O)Nc2cc3c(cc2Cl)OCCCO3)c2ccccc21. The van der Waals surface area contributed by atoms with Gasteiger partial charge in [0.2, 0.25) is 5.91 Å². The number of amides is 1. The van der Waals surface area contributed by atoms with Crippen molar-refractivity contribution in [2.45, 2.75) is 19.3 Å². The van der Waals surface area contributed by atoms with E-state index < -0.39 is 0 Å². The van der Waals surface area contributed by atoms with E-state index in [4.69, 9.17) is 21.1 Å². The van der Waals surface area contributed by atoms with E-state index in [2.05, 4.69) is 29.3 Å². The molecular weight excluding hydrogens is 352 g/mol. The van der Waals surface area contributed by atoms with Crippen LogP contribution in [0.2, 0.25) is 5.02 Å². The molecule has 0 saturated heterocycles. The molecular formula is C20H21ClN2O3. The lowest BCUT2D eigenvalue weighted by Crippen LogP contribution is -2.32. The first-order valence-corrected chi connectivity index (χ1v) is 9.22. The second-order valence-electron chi connectivity index (χ2n) is 6.72. The summed E-state index contributed by atoms with van der Waals surface area (Å²) in [5, 5.41) is 3.35. The van der Waals surface area contributed by atoms with Crippen molar-refractivity contribution in [3.8, 4) is 11.5 Å². The summed E-state index contributed by atoms with van der Waals surface area (Å²) in [6, 6.07) is 11.7. The van der Waals surface area contributed by atoms with Crippen molar-refractivity contribution < 1.29 is 14.3 Å². The lowest BCUT2D eigenvalue weighted by Gasteiger charge is -2.19. The third kappa shape index (κ3) is 3.31. The fourth-order valence-corrected chi connectivity index (χ4v) is 3.71. The molecule has 2 aromatic carbocycles. The third-order valence-electron chi connectivity index (χ3n) is 4.75. The van der Waals surface area contributed by atoms with Gasteiger partial charge in [0, 0.05) is 36.7 Å². The van der Waals surface area contributed by atoms with Crippen LogP contribution < -0.4 is 19.7 Å². The molecule has 0 saturated carbocycles. The van der Waals surface area contributed by atoms with Crippen LogP contribution in [0.25, 0.3) is 0 Å². The molecule has 0 aliphatic carbocycles. The molecule has 2 aromatic rings. The molecule has 2 aliphatic rings. The number of ether oxygens (including phenoxy) is 2. The van der Waals surface area contributed by atoms with E-state index in [0.717, 1.165) is 18.7 Å². The fraction of sp³-hybridized carbons (Fsp3) is 0.350. The number of fused-ring (bicyclic) bond motifs is 2. The van der Waals surface area contributed by atoms with Crippen LogP contribution in [0.5, 0.6) is 11.5 Å². The number of nitrogens with one attached hydrogen (secondary N) is 1. The Morgan fingerprint density at radius 1 is 1.23 bits per heavy atom. The summed E-state index contributed by atoms with van der Waals surface area (Å²) in [6.07, 6.45) is 0.820. The van der Waals surface area contributed by atoms with Gasteiger partial charge in [-0.05, 0) is 11.6 Å². The highest BCUT2D eigenvalue weighted by Crippen LogP contribution is 2.38. The molecule has 26 heavy (non-hydrogen) atoms. The van der Waals surface area contributed by atoms with Crippen LogP contribution in [-0.2, 0) is 4.79 Å². The van der Waals surface area contributed by atoms with Gasteiger partial charge in [0.25, 0.3) is 0 Å². The van der Waals surface area contributed by atoms with Gasteiger partial charge in [-0.15, -0.1) is 0 Å². The van der Waals surface area contributed by atoms with Gasteiger partial charge in [-0.3, -0.25) is 4.79 Å². The average Bonchev–Trinajstić information content (AvgIpc) is 2.79. The van der Waals surface area contributed by atoms with Crippen molar-refractivity contribution >= 4 is 28.9 Å². The Bertz CT molecular complexity index is 840. The number of para-hydroxylation sites is 1. The molecule has 0 aromatic heterocycles. The third-order valence-corrected chi connectivity index (χ3v) is 5.06. The van der Waals surface area contributed by atoms with E-state index in [0.29, 0.717) is 41.3 Å². The van der Waals surface area contributed by atoms with Gasteiger partial charge < -0.3 is 19.7 Å². The summed E-state index contributed by atoms with van der Waals surface area (Å²) < 4.78 is 11.3. The maximum absolute atomic E-state index is 12.6. The Morgan fingerprint density at radius 2 is 1.96 bits per heavy atom. The number of anilines is 2. The Kier molecular flexibility index (Phi) is 4.64. The molecule has 4 rings (SSSR count). The molecule has 2 aliphatic heterocycles. The van der Waals surface area contributed by atoms with Gasteiger partial charge >= 0.3 is 0 Å². The fourth-order valence-electron chi connectivity index (χ4n) is 3.51. The van der Waals surface area contributed by atoms with Crippen molar-refractivity contribution in [3.05, 3.63) is 47.0 Å². The molecule has 1 atom stereocenters. The van der Waals surface area contributed by atoms with E-state index in [1.165, 1.54) is 5.56 Å². The molecule has 0 spiro atoms. The number of carbonyl (C=O) groups excluding carboxylic acids is 1. The largest absolute Gasteiger partial charge is 0.490 e. The number of carbonyl (C=O) groups is 1. The quantitative estimate of drug-likeness (QED) is 0.882. The van der Waals surface area contributed by atoms with Gasteiger partial charge in [-0.25, -0.2) is 0 Å². The number of nitrogens with zero attached hydrogens (tertiary/aromatic N) is 1. The minimum absolute atomic E-state index is 0.106. The standard InChI is InChI=1S/C20H21ClN2O3/c1-13-11-23(17-6-3-2-5-14(13)17)12-20(24)22-16-10-19-18(9-15(16)21)25-7-4-8-26-19/h2-3,5-6,9-10,13H,4,7-8,11-12H2,1H3,(H,22,24). The molecule has 136 valence electrons. The molecule has 5 nitrogen and oxygen atoms in total.